The van der Waals surface area contributed by atoms with Gasteiger partial charge in [-0.3, -0.25) is 10.1 Å². The van der Waals surface area contributed by atoms with Crippen LogP contribution >= 0.6 is 11.3 Å². The predicted octanol–water partition coefficient (Wildman–Crippen LogP) is 4.48. The molecular formula is C16H9F3N2OS. The van der Waals surface area contributed by atoms with Crippen LogP contribution in [0.5, 0.6) is 0 Å². The Bertz CT molecular complexity index is 862. The number of thiazole rings is 1. The van der Waals surface area contributed by atoms with Gasteiger partial charge in [0.2, 0.25) is 0 Å². The number of carbonyl (C=O) groups excluding carboxylic acids is 1. The summed E-state index contributed by atoms with van der Waals surface area (Å²) in [5, 5.41) is 4.36. The van der Waals surface area contributed by atoms with Gasteiger partial charge in [0.15, 0.2) is 5.13 Å². The molecule has 7 heteroatoms. The van der Waals surface area contributed by atoms with Crippen LogP contribution < -0.4 is 5.32 Å². The molecule has 0 aliphatic rings. The zero-order chi connectivity index (χ0) is 16.4. The van der Waals surface area contributed by atoms with Gasteiger partial charge in [-0.05, 0) is 36.4 Å². The second kappa shape index (κ2) is 6.21. The van der Waals surface area contributed by atoms with Crippen LogP contribution in [0.15, 0.2) is 47.8 Å². The monoisotopic (exact) mass is 334 g/mol. The van der Waals surface area contributed by atoms with Gasteiger partial charge in [0.05, 0.1) is 5.69 Å². The second-order valence-corrected chi connectivity index (χ2v) is 5.48. The Kier molecular flexibility index (Phi) is 4.12. The van der Waals surface area contributed by atoms with Crippen LogP contribution in [0.4, 0.5) is 18.3 Å². The van der Waals surface area contributed by atoms with Crippen molar-refractivity contribution in [1.29, 1.82) is 0 Å². The van der Waals surface area contributed by atoms with E-state index >= 15 is 0 Å². The fourth-order valence-corrected chi connectivity index (χ4v) is 2.63. The molecule has 0 radical (unpaired) electrons. The summed E-state index contributed by atoms with van der Waals surface area (Å²) >= 11 is 1.11. The van der Waals surface area contributed by atoms with Crippen molar-refractivity contribution in [2.24, 2.45) is 0 Å². The summed E-state index contributed by atoms with van der Waals surface area (Å²) in [6.07, 6.45) is 0. The van der Waals surface area contributed by atoms with Gasteiger partial charge in [0, 0.05) is 22.6 Å². The zero-order valence-electron chi connectivity index (χ0n) is 11.5. The Morgan fingerprint density at radius 1 is 1.00 bits per heavy atom. The van der Waals surface area contributed by atoms with Gasteiger partial charge >= 0.3 is 0 Å². The minimum atomic E-state index is -0.730. The first-order valence-electron chi connectivity index (χ1n) is 6.51. The molecule has 0 bridgehead atoms. The fourth-order valence-electron chi connectivity index (χ4n) is 1.92. The number of nitrogens with zero attached hydrogens (tertiary/aromatic N) is 1. The van der Waals surface area contributed by atoms with Crippen LogP contribution in [-0.4, -0.2) is 10.9 Å². The summed E-state index contributed by atoms with van der Waals surface area (Å²) in [5.74, 6) is -2.30. The molecule has 1 N–H and O–H groups in total. The number of rotatable bonds is 3. The average Bonchev–Trinajstić information content (AvgIpc) is 2.96. The van der Waals surface area contributed by atoms with E-state index in [1.54, 1.807) is 5.38 Å². The van der Waals surface area contributed by atoms with E-state index in [9.17, 15) is 18.0 Å². The van der Waals surface area contributed by atoms with Gasteiger partial charge in [0.25, 0.3) is 5.91 Å². The van der Waals surface area contributed by atoms with E-state index in [-0.39, 0.29) is 16.3 Å². The van der Waals surface area contributed by atoms with Gasteiger partial charge in [0.1, 0.15) is 17.5 Å². The van der Waals surface area contributed by atoms with E-state index in [0.717, 1.165) is 23.5 Å². The molecule has 0 unspecified atom stereocenters. The van der Waals surface area contributed by atoms with Crippen molar-refractivity contribution < 1.29 is 18.0 Å². The number of anilines is 1. The Morgan fingerprint density at radius 3 is 2.39 bits per heavy atom. The van der Waals surface area contributed by atoms with Gasteiger partial charge in [-0.25, -0.2) is 18.2 Å². The number of hydrogen-bond donors (Lipinski definition) is 1. The molecule has 0 spiro atoms. The van der Waals surface area contributed by atoms with Gasteiger partial charge in [-0.1, -0.05) is 0 Å². The quantitative estimate of drug-likeness (QED) is 0.767. The molecule has 1 aromatic heterocycles. The van der Waals surface area contributed by atoms with Crippen molar-refractivity contribution >= 4 is 22.4 Å². The lowest BCUT2D eigenvalue weighted by Gasteiger charge is -2.02. The fraction of sp³-hybridized carbons (Fsp3) is 0. The van der Waals surface area contributed by atoms with E-state index in [1.165, 1.54) is 30.3 Å². The highest BCUT2D eigenvalue weighted by Crippen LogP contribution is 2.27. The molecule has 0 atom stereocenters. The number of benzene rings is 2. The van der Waals surface area contributed by atoms with Crippen LogP contribution in [0.2, 0.25) is 0 Å². The van der Waals surface area contributed by atoms with Crippen molar-refractivity contribution in [3.8, 4) is 11.3 Å². The minimum absolute atomic E-state index is 0.143. The Morgan fingerprint density at radius 2 is 1.70 bits per heavy atom. The average molecular weight is 334 g/mol. The lowest BCUT2D eigenvalue weighted by molar-refractivity contribution is 0.102. The molecular weight excluding hydrogens is 325 g/mol. The normalized spacial score (nSPS) is 10.6. The number of carbonyl (C=O) groups is 1. The molecule has 3 nitrogen and oxygen atoms in total. The van der Waals surface area contributed by atoms with Crippen LogP contribution in [0.25, 0.3) is 11.3 Å². The number of aromatic nitrogens is 1. The number of amides is 1. The van der Waals surface area contributed by atoms with Crippen molar-refractivity contribution in [2.45, 2.75) is 0 Å². The Balaban J connectivity index is 1.79. The molecule has 0 saturated carbocycles. The van der Waals surface area contributed by atoms with Crippen molar-refractivity contribution in [3.05, 3.63) is 70.9 Å². The summed E-state index contributed by atoms with van der Waals surface area (Å²) in [4.78, 5) is 16.1. The predicted molar refractivity (Wildman–Crippen MR) is 81.8 cm³/mol. The highest BCUT2D eigenvalue weighted by molar-refractivity contribution is 7.14. The standard InChI is InChI=1S/C16H9F3N2OS/c17-10-3-1-9(2-4-10)15(22)21-16-20-14(8-23-16)12-6-5-11(18)7-13(12)19/h1-8H,(H,20,21,22). The van der Waals surface area contributed by atoms with Crippen LogP contribution in [0.1, 0.15) is 10.4 Å². The molecule has 3 aromatic rings. The molecule has 0 saturated heterocycles. The Labute approximate surface area is 133 Å². The van der Waals surface area contributed by atoms with Crippen LogP contribution in [0, 0.1) is 17.5 Å². The number of hydrogen-bond acceptors (Lipinski definition) is 3. The van der Waals surface area contributed by atoms with Crippen molar-refractivity contribution in [2.75, 3.05) is 5.32 Å². The molecule has 23 heavy (non-hydrogen) atoms. The summed E-state index contributed by atoms with van der Waals surface area (Å²) in [5.41, 5.74) is 0.711. The second-order valence-electron chi connectivity index (χ2n) is 4.62. The smallest absolute Gasteiger partial charge is 0.257 e. The highest BCUT2D eigenvalue weighted by atomic mass is 32.1. The van der Waals surface area contributed by atoms with Gasteiger partial charge < -0.3 is 0 Å². The van der Waals surface area contributed by atoms with Crippen LogP contribution in [-0.2, 0) is 0 Å². The summed E-state index contributed by atoms with van der Waals surface area (Å²) in [6, 6.07) is 8.23. The third kappa shape index (κ3) is 3.40. The van der Waals surface area contributed by atoms with E-state index in [2.05, 4.69) is 10.3 Å². The zero-order valence-corrected chi connectivity index (χ0v) is 12.3. The molecule has 1 heterocycles. The van der Waals surface area contributed by atoms with Gasteiger partial charge in [-0.15, -0.1) is 11.3 Å². The lowest BCUT2D eigenvalue weighted by Crippen LogP contribution is -2.11. The van der Waals surface area contributed by atoms with E-state index in [1.807, 2.05) is 0 Å². The largest absolute Gasteiger partial charge is 0.298 e. The Hall–Kier alpha value is -2.67. The summed E-state index contributed by atoms with van der Waals surface area (Å²) in [6.45, 7) is 0. The first-order valence-corrected chi connectivity index (χ1v) is 7.39. The van der Waals surface area contributed by atoms with E-state index < -0.39 is 23.4 Å². The van der Waals surface area contributed by atoms with Crippen molar-refractivity contribution in [3.63, 3.8) is 0 Å². The topological polar surface area (TPSA) is 42.0 Å². The third-order valence-corrected chi connectivity index (χ3v) is 3.80. The molecule has 1 amide bonds. The summed E-state index contributed by atoms with van der Waals surface area (Å²) < 4.78 is 39.5. The third-order valence-electron chi connectivity index (χ3n) is 3.04. The first kappa shape index (κ1) is 15.2. The SMILES string of the molecule is O=C(Nc1nc(-c2ccc(F)cc2F)cs1)c1ccc(F)cc1. The molecule has 3 rings (SSSR count). The first-order chi connectivity index (χ1) is 11.0. The van der Waals surface area contributed by atoms with E-state index in [0.29, 0.717) is 5.69 Å². The maximum atomic E-state index is 13.7. The van der Waals surface area contributed by atoms with Gasteiger partial charge in [-0.2, -0.15) is 0 Å². The van der Waals surface area contributed by atoms with Crippen molar-refractivity contribution in [1.82, 2.24) is 4.98 Å². The minimum Gasteiger partial charge on any atom is -0.298 e. The van der Waals surface area contributed by atoms with Crippen LogP contribution in [0.3, 0.4) is 0 Å². The summed E-state index contributed by atoms with van der Waals surface area (Å²) in [7, 11) is 0. The lowest BCUT2D eigenvalue weighted by atomic mass is 10.1. The molecule has 116 valence electrons. The number of nitrogens with one attached hydrogen (secondary N) is 1. The van der Waals surface area contributed by atoms with E-state index in [4.69, 9.17) is 0 Å². The molecule has 0 aliphatic heterocycles. The number of halogens is 3. The molecule has 2 aromatic carbocycles. The molecule has 0 fully saturated rings. The molecule has 0 aliphatic carbocycles. The highest BCUT2D eigenvalue weighted by Gasteiger charge is 2.13. The maximum absolute atomic E-state index is 13.7. The maximum Gasteiger partial charge on any atom is 0.257 e.